The summed E-state index contributed by atoms with van der Waals surface area (Å²) in [6.45, 7) is 0.0416. The number of amides is 1. The summed E-state index contributed by atoms with van der Waals surface area (Å²) in [7, 11) is 0. The van der Waals surface area contributed by atoms with Gasteiger partial charge in [-0.3, -0.25) is 9.78 Å². The Balaban J connectivity index is 1.99. The second-order valence-electron chi connectivity index (χ2n) is 4.63. The van der Waals surface area contributed by atoms with Crippen molar-refractivity contribution in [1.29, 1.82) is 0 Å². The Kier molecular flexibility index (Phi) is 5.90. The third-order valence-electron chi connectivity index (χ3n) is 2.97. The van der Waals surface area contributed by atoms with Crippen molar-refractivity contribution in [2.45, 2.75) is 25.3 Å². The summed E-state index contributed by atoms with van der Waals surface area (Å²) in [5.41, 5.74) is 1.24. The lowest BCUT2D eigenvalue weighted by atomic mass is 10.1. The Morgan fingerprint density at radius 1 is 1.55 bits per heavy atom. The Bertz CT molecular complexity index is 516. The average Bonchev–Trinajstić information content (AvgIpc) is 2.49. The lowest BCUT2D eigenvalue weighted by Crippen LogP contribution is -2.38. The van der Waals surface area contributed by atoms with E-state index in [1.54, 1.807) is 18.5 Å². The molecule has 0 aromatic carbocycles. The van der Waals surface area contributed by atoms with E-state index in [-0.39, 0.29) is 18.6 Å². The minimum absolute atomic E-state index is 0.0416. The van der Waals surface area contributed by atoms with E-state index in [4.69, 9.17) is 5.11 Å². The van der Waals surface area contributed by atoms with E-state index in [0.717, 1.165) is 18.6 Å². The summed E-state index contributed by atoms with van der Waals surface area (Å²) in [5.74, 6) is 7.79. The number of pyridine rings is 1. The highest BCUT2D eigenvalue weighted by molar-refractivity contribution is 7.99. The minimum atomic E-state index is -0.0872. The summed E-state index contributed by atoms with van der Waals surface area (Å²) in [6.07, 6.45) is 5.80. The zero-order valence-corrected chi connectivity index (χ0v) is 12.1. The molecular formula is C15H18N2O2S. The van der Waals surface area contributed by atoms with Gasteiger partial charge in [-0.15, -0.1) is 0 Å². The van der Waals surface area contributed by atoms with E-state index in [2.05, 4.69) is 22.1 Å². The SMILES string of the molecule is O=C(NC1CCCSC1)c1cncc(C#CCCO)c1. The maximum atomic E-state index is 12.1. The first-order chi connectivity index (χ1) is 9.79. The van der Waals surface area contributed by atoms with Crippen LogP contribution in [-0.2, 0) is 0 Å². The lowest BCUT2D eigenvalue weighted by Gasteiger charge is -2.22. The van der Waals surface area contributed by atoms with Crippen molar-refractivity contribution in [1.82, 2.24) is 10.3 Å². The number of nitrogens with one attached hydrogen (secondary N) is 1. The third kappa shape index (κ3) is 4.55. The van der Waals surface area contributed by atoms with Gasteiger partial charge in [0.05, 0.1) is 12.2 Å². The van der Waals surface area contributed by atoms with Gasteiger partial charge >= 0.3 is 0 Å². The van der Waals surface area contributed by atoms with Crippen LogP contribution < -0.4 is 5.32 Å². The second kappa shape index (κ2) is 7.93. The molecule has 1 atom stereocenters. The Morgan fingerprint density at radius 2 is 2.45 bits per heavy atom. The molecule has 2 N–H and O–H groups in total. The van der Waals surface area contributed by atoms with Crippen LogP contribution in [0.15, 0.2) is 18.5 Å². The van der Waals surface area contributed by atoms with Crippen molar-refractivity contribution in [3.05, 3.63) is 29.6 Å². The number of aliphatic hydroxyl groups excluding tert-OH is 1. The number of carbonyl (C=O) groups is 1. The predicted molar refractivity (Wildman–Crippen MR) is 80.6 cm³/mol. The van der Waals surface area contributed by atoms with Gasteiger partial charge in [0, 0.05) is 36.2 Å². The molecule has 1 aliphatic heterocycles. The highest BCUT2D eigenvalue weighted by Crippen LogP contribution is 2.17. The fourth-order valence-electron chi connectivity index (χ4n) is 1.98. The molecule has 0 aliphatic carbocycles. The molecule has 0 bridgehead atoms. The van der Waals surface area contributed by atoms with Crippen LogP contribution in [0.3, 0.4) is 0 Å². The molecule has 2 rings (SSSR count). The predicted octanol–water partition coefficient (Wildman–Crippen LogP) is 1.44. The van der Waals surface area contributed by atoms with Gasteiger partial charge in [-0.1, -0.05) is 11.8 Å². The number of hydrogen-bond acceptors (Lipinski definition) is 4. The number of carbonyl (C=O) groups excluding carboxylic acids is 1. The first kappa shape index (κ1) is 14.9. The van der Waals surface area contributed by atoms with Gasteiger partial charge in [0.15, 0.2) is 0 Å². The van der Waals surface area contributed by atoms with Crippen molar-refractivity contribution < 1.29 is 9.90 Å². The van der Waals surface area contributed by atoms with Gasteiger partial charge in [-0.25, -0.2) is 0 Å². The van der Waals surface area contributed by atoms with Crippen LogP contribution in [0.4, 0.5) is 0 Å². The highest BCUT2D eigenvalue weighted by Gasteiger charge is 2.17. The number of nitrogens with zero attached hydrogens (tertiary/aromatic N) is 1. The van der Waals surface area contributed by atoms with E-state index in [1.165, 1.54) is 5.75 Å². The summed E-state index contributed by atoms with van der Waals surface area (Å²) < 4.78 is 0. The first-order valence-electron chi connectivity index (χ1n) is 6.73. The van der Waals surface area contributed by atoms with Crippen LogP contribution in [-0.4, -0.2) is 40.2 Å². The van der Waals surface area contributed by atoms with E-state index >= 15 is 0 Å². The van der Waals surface area contributed by atoms with Crippen LogP contribution in [0.1, 0.15) is 35.2 Å². The molecule has 0 radical (unpaired) electrons. The average molecular weight is 290 g/mol. The molecule has 1 aromatic rings. The Hall–Kier alpha value is -1.51. The van der Waals surface area contributed by atoms with Crippen LogP contribution >= 0.6 is 11.8 Å². The van der Waals surface area contributed by atoms with Gasteiger partial charge < -0.3 is 10.4 Å². The fraction of sp³-hybridized carbons (Fsp3) is 0.467. The standard InChI is InChI=1S/C15H18N2O2S/c18-6-2-1-4-12-8-13(10-16-9-12)15(19)17-14-5-3-7-20-11-14/h8-10,14,18H,2-3,5-7,11H2,(H,17,19). The summed E-state index contributed by atoms with van der Waals surface area (Å²) in [4.78, 5) is 16.2. The van der Waals surface area contributed by atoms with Gasteiger partial charge in [0.1, 0.15) is 0 Å². The molecule has 1 saturated heterocycles. The fourth-order valence-corrected chi connectivity index (χ4v) is 3.05. The molecule has 4 nitrogen and oxygen atoms in total. The van der Waals surface area contributed by atoms with Crippen molar-refractivity contribution in [3.8, 4) is 11.8 Å². The summed E-state index contributed by atoms with van der Waals surface area (Å²) in [6, 6.07) is 1.99. The van der Waals surface area contributed by atoms with E-state index < -0.39 is 0 Å². The number of rotatable bonds is 3. The summed E-state index contributed by atoms with van der Waals surface area (Å²) >= 11 is 1.88. The molecule has 0 spiro atoms. The number of hydrogen-bond donors (Lipinski definition) is 2. The Labute approximate surface area is 123 Å². The van der Waals surface area contributed by atoms with Gasteiger partial charge in [-0.2, -0.15) is 11.8 Å². The van der Waals surface area contributed by atoms with E-state index in [9.17, 15) is 4.79 Å². The maximum absolute atomic E-state index is 12.1. The van der Waals surface area contributed by atoms with Crippen LogP contribution in [0, 0.1) is 11.8 Å². The van der Waals surface area contributed by atoms with Crippen molar-refractivity contribution in [2.24, 2.45) is 0 Å². The number of aliphatic hydroxyl groups is 1. The molecule has 20 heavy (non-hydrogen) atoms. The van der Waals surface area contributed by atoms with Crippen LogP contribution in [0.2, 0.25) is 0 Å². The molecule has 0 saturated carbocycles. The van der Waals surface area contributed by atoms with Gasteiger partial charge in [0.25, 0.3) is 5.91 Å². The van der Waals surface area contributed by atoms with Gasteiger partial charge in [0.2, 0.25) is 0 Å². The van der Waals surface area contributed by atoms with Crippen molar-refractivity contribution in [2.75, 3.05) is 18.1 Å². The molecular weight excluding hydrogens is 272 g/mol. The van der Waals surface area contributed by atoms with E-state index in [1.807, 2.05) is 11.8 Å². The van der Waals surface area contributed by atoms with Crippen LogP contribution in [0.25, 0.3) is 0 Å². The molecule has 1 amide bonds. The molecule has 1 aliphatic rings. The molecule has 5 heteroatoms. The molecule has 1 fully saturated rings. The van der Waals surface area contributed by atoms with Crippen molar-refractivity contribution >= 4 is 17.7 Å². The zero-order chi connectivity index (χ0) is 14.2. The second-order valence-corrected chi connectivity index (χ2v) is 5.78. The topological polar surface area (TPSA) is 62.2 Å². The maximum Gasteiger partial charge on any atom is 0.253 e. The minimum Gasteiger partial charge on any atom is -0.395 e. The normalized spacial score (nSPS) is 17.9. The molecule has 1 aromatic heterocycles. The van der Waals surface area contributed by atoms with Gasteiger partial charge in [-0.05, 0) is 24.7 Å². The third-order valence-corrected chi connectivity index (χ3v) is 4.18. The molecule has 2 heterocycles. The largest absolute Gasteiger partial charge is 0.395 e. The zero-order valence-electron chi connectivity index (χ0n) is 11.3. The number of thioether (sulfide) groups is 1. The summed E-state index contributed by atoms with van der Waals surface area (Å²) in [5, 5.41) is 11.7. The highest BCUT2D eigenvalue weighted by atomic mass is 32.2. The smallest absolute Gasteiger partial charge is 0.253 e. The molecule has 1 unspecified atom stereocenters. The van der Waals surface area contributed by atoms with E-state index in [0.29, 0.717) is 17.5 Å². The quantitative estimate of drug-likeness (QED) is 0.827. The molecule has 106 valence electrons. The van der Waals surface area contributed by atoms with Crippen molar-refractivity contribution in [3.63, 3.8) is 0 Å². The first-order valence-corrected chi connectivity index (χ1v) is 7.88. The van der Waals surface area contributed by atoms with Crippen LogP contribution in [0.5, 0.6) is 0 Å². The lowest BCUT2D eigenvalue weighted by molar-refractivity contribution is 0.0938. The Morgan fingerprint density at radius 3 is 3.20 bits per heavy atom. The number of aromatic nitrogens is 1. The monoisotopic (exact) mass is 290 g/mol.